The fraction of sp³-hybridized carbons (Fsp3) is 0.391. The molecule has 32 heavy (non-hydrogen) atoms. The molecule has 2 atom stereocenters. The number of benzene rings is 2. The van der Waals surface area contributed by atoms with Gasteiger partial charge in [0.2, 0.25) is 0 Å². The predicted octanol–water partition coefficient (Wildman–Crippen LogP) is 5.21. The van der Waals surface area contributed by atoms with E-state index in [1.807, 2.05) is 18.2 Å². The van der Waals surface area contributed by atoms with Crippen LogP contribution in [0.5, 0.6) is 5.75 Å². The number of aliphatic carboxylic acids is 1. The molecule has 1 saturated heterocycles. The summed E-state index contributed by atoms with van der Waals surface area (Å²) >= 11 is 13.9. The Morgan fingerprint density at radius 2 is 1.94 bits per heavy atom. The number of piperazine rings is 1. The maximum Gasteiger partial charge on any atom is 0.307 e. The lowest BCUT2D eigenvalue weighted by molar-refractivity contribution is -0.136. The van der Waals surface area contributed by atoms with Crippen molar-refractivity contribution in [2.45, 2.75) is 32.4 Å². The highest BCUT2D eigenvalue weighted by Gasteiger charge is 2.30. The number of halogens is 2. The van der Waals surface area contributed by atoms with Crippen molar-refractivity contribution in [1.82, 2.24) is 9.88 Å². The molecule has 1 N–H and O–H groups in total. The van der Waals surface area contributed by atoms with Gasteiger partial charge in [-0.25, -0.2) is 4.98 Å². The van der Waals surface area contributed by atoms with Crippen LogP contribution >= 0.6 is 34.5 Å². The van der Waals surface area contributed by atoms with Crippen molar-refractivity contribution in [1.29, 1.82) is 0 Å². The molecular formula is C23H25Cl2N3O3S. The van der Waals surface area contributed by atoms with Crippen LogP contribution in [0.15, 0.2) is 36.4 Å². The topological polar surface area (TPSA) is 65.9 Å². The van der Waals surface area contributed by atoms with Crippen molar-refractivity contribution in [3.8, 4) is 5.75 Å². The minimum Gasteiger partial charge on any atom is -0.492 e. The summed E-state index contributed by atoms with van der Waals surface area (Å²) in [7, 11) is 0. The molecule has 1 fully saturated rings. The van der Waals surface area contributed by atoms with Crippen LogP contribution in [0.1, 0.15) is 19.4 Å². The van der Waals surface area contributed by atoms with Gasteiger partial charge in [-0.05, 0) is 55.8 Å². The standard InChI is InChI=1S/C23H25Cl2N3O3S/c1-14-12-27(23-26-20-6-3-17(24)11-21(20)32-23)13-15(2)28(14)7-8-31-18-4-5-19(25)16(9-18)10-22(29)30/h3-6,9,11,14-15H,7-8,10,12-13H2,1-2H3,(H,29,30)/t14-,15+. The van der Waals surface area contributed by atoms with Crippen LogP contribution in [0.3, 0.4) is 0 Å². The number of anilines is 1. The van der Waals surface area contributed by atoms with Gasteiger partial charge in [0.15, 0.2) is 5.13 Å². The van der Waals surface area contributed by atoms with Gasteiger partial charge in [0.1, 0.15) is 12.4 Å². The van der Waals surface area contributed by atoms with Gasteiger partial charge in [0.05, 0.1) is 16.6 Å². The minimum absolute atomic E-state index is 0.121. The molecule has 3 aromatic rings. The minimum atomic E-state index is -0.916. The van der Waals surface area contributed by atoms with Gasteiger partial charge in [-0.3, -0.25) is 9.69 Å². The summed E-state index contributed by atoms with van der Waals surface area (Å²) in [6.07, 6.45) is -0.121. The molecule has 1 aliphatic heterocycles. The Kier molecular flexibility index (Phi) is 7.10. The van der Waals surface area contributed by atoms with E-state index in [1.54, 1.807) is 29.5 Å². The number of hydrogen-bond donors (Lipinski definition) is 1. The smallest absolute Gasteiger partial charge is 0.307 e. The second kappa shape index (κ2) is 9.83. The van der Waals surface area contributed by atoms with Gasteiger partial charge < -0.3 is 14.7 Å². The van der Waals surface area contributed by atoms with E-state index < -0.39 is 5.97 Å². The first-order valence-corrected chi connectivity index (χ1v) is 12.1. The summed E-state index contributed by atoms with van der Waals surface area (Å²) in [5.74, 6) is -0.279. The third-order valence-corrected chi connectivity index (χ3v) is 7.37. The number of thiazole rings is 1. The number of aromatic nitrogens is 1. The summed E-state index contributed by atoms with van der Waals surface area (Å²) in [5, 5.41) is 11.2. The predicted molar refractivity (Wildman–Crippen MR) is 131 cm³/mol. The molecule has 1 aliphatic rings. The number of carboxylic acids is 1. The highest BCUT2D eigenvalue weighted by atomic mass is 35.5. The zero-order chi connectivity index (χ0) is 22.8. The van der Waals surface area contributed by atoms with E-state index >= 15 is 0 Å². The van der Waals surface area contributed by atoms with Crippen molar-refractivity contribution in [3.05, 3.63) is 52.0 Å². The van der Waals surface area contributed by atoms with E-state index in [0.717, 1.165) is 40.0 Å². The van der Waals surface area contributed by atoms with E-state index in [0.29, 0.717) is 35.0 Å². The van der Waals surface area contributed by atoms with Gasteiger partial charge in [0.25, 0.3) is 0 Å². The monoisotopic (exact) mass is 493 g/mol. The van der Waals surface area contributed by atoms with Crippen LogP contribution in [-0.4, -0.2) is 59.3 Å². The van der Waals surface area contributed by atoms with Crippen LogP contribution in [0, 0.1) is 0 Å². The Hall–Kier alpha value is -2.06. The molecule has 1 aromatic heterocycles. The van der Waals surface area contributed by atoms with Crippen LogP contribution < -0.4 is 9.64 Å². The van der Waals surface area contributed by atoms with Crippen molar-refractivity contribution in [3.63, 3.8) is 0 Å². The molecule has 4 rings (SSSR count). The molecule has 6 nitrogen and oxygen atoms in total. The van der Waals surface area contributed by atoms with Gasteiger partial charge in [0, 0.05) is 41.8 Å². The highest BCUT2D eigenvalue weighted by Crippen LogP contribution is 2.32. The lowest BCUT2D eigenvalue weighted by Crippen LogP contribution is -2.57. The normalized spacial score (nSPS) is 19.4. The molecule has 0 amide bonds. The van der Waals surface area contributed by atoms with Gasteiger partial charge in [-0.15, -0.1) is 0 Å². The second-order valence-electron chi connectivity index (χ2n) is 8.12. The number of fused-ring (bicyclic) bond motifs is 1. The summed E-state index contributed by atoms with van der Waals surface area (Å²) in [6, 6.07) is 11.7. The Labute approximate surface area is 201 Å². The molecule has 0 unspecified atom stereocenters. The largest absolute Gasteiger partial charge is 0.492 e. The lowest BCUT2D eigenvalue weighted by Gasteiger charge is -2.44. The summed E-state index contributed by atoms with van der Waals surface area (Å²) in [6.45, 7) is 7.52. The van der Waals surface area contributed by atoms with Crippen molar-refractivity contribution < 1.29 is 14.6 Å². The van der Waals surface area contributed by atoms with E-state index in [4.69, 9.17) is 38.0 Å². The van der Waals surface area contributed by atoms with Crippen molar-refractivity contribution >= 4 is 55.9 Å². The molecule has 0 spiro atoms. The maximum absolute atomic E-state index is 11.0. The zero-order valence-electron chi connectivity index (χ0n) is 17.9. The van der Waals surface area contributed by atoms with Gasteiger partial charge in [-0.2, -0.15) is 0 Å². The van der Waals surface area contributed by atoms with Crippen LogP contribution in [0.4, 0.5) is 5.13 Å². The molecule has 2 heterocycles. The van der Waals surface area contributed by atoms with E-state index in [9.17, 15) is 4.79 Å². The van der Waals surface area contributed by atoms with Gasteiger partial charge in [-0.1, -0.05) is 34.5 Å². The molecule has 0 saturated carbocycles. The number of nitrogens with zero attached hydrogens (tertiary/aromatic N) is 3. The third kappa shape index (κ3) is 5.29. The van der Waals surface area contributed by atoms with E-state index in [2.05, 4.69) is 23.6 Å². The van der Waals surface area contributed by atoms with Crippen molar-refractivity contribution in [2.75, 3.05) is 31.1 Å². The average molecular weight is 494 g/mol. The molecular weight excluding hydrogens is 469 g/mol. The number of ether oxygens (including phenoxy) is 1. The summed E-state index contributed by atoms with van der Waals surface area (Å²) < 4.78 is 7.02. The molecule has 2 aromatic carbocycles. The highest BCUT2D eigenvalue weighted by molar-refractivity contribution is 7.22. The molecule has 9 heteroatoms. The van der Waals surface area contributed by atoms with E-state index in [-0.39, 0.29) is 6.42 Å². The zero-order valence-corrected chi connectivity index (χ0v) is 20.3. The third-order valence-electron chi connectivity index (χ3n) is 5.69. The Morgan fingerprint density at radius 3 is 2.66 bits per heavy atom. The maximum atomic E-state index is 11.0. The SMILES string of the molecule is C[C@@H]1CN(c2nc3ccc(Cl)cc3s2)C[C@H](C)N1CCOc1ccc(Cl)c(CC(=O)O)c1. The first-order valence-electron chi connectivity index (χ1n) is 10.5. The van der Waals surface area contributed by atoms with Crippen molar-refractivity contribution in [2.24, 2.45) is 0 Å². The number of carboxylic acid groups (broad SMARTS) is 1. The summed E-state index contributed by atoms with van der Waals surface area (Å²) in [5.41, 5.74) is 1.54. The first kappa shape index (κ1) is 23.1. The van der Waals surface area contributed by atoms with Gasteiger partial charge >= 0.3 is 5.97 Å². The molecule has 0 aliphatic carbocycles. The van der Waals surface area contributed by atoms with Crippen LogP contribution in [0.25, 0.3) is 10.2 Å². The molecule has 0 radical (unpaired) electrons. The Balaban J connectivity index is 1.35. The van der Waals surface area contributed by atoms with Crippen LogP contribution in [-0.2, 0) is 11.2 Å². The Bertz CT molecular complexity index is 1110. The van der Waals surface area contributed by atoms with Crippen LogP contribution in [0.2, 0.25) is 10.0 Å². The second-order valence-corrected chi connectivity index (χ2v) is 9.97. The lowest BCUT2D eigenvalue weighted by atomic mass is 10.1. The molecule has 170 valence electrons. The molecule has 0 bridgehead atoms. The fourth-order valence-corrected chi connectivity index (χ4v) is 5.63. The Morgan fingerprint density at radius 1 is 1.19 bits per heavy atom. The fourth-order valence-electron chi connectivity index (χ4n) is 4.18. The average Bonchev–Trinajstić information content (AvgIpc) is 3.15. The number of hydrogen-bond acceptors (Lipinski definition) is 6. The quantitative estimate of drug-likeness (QED) is 0.487. The first-order chi connectivity index (χ1) is 15.3. The summed E-state index contributed by atoms with van der Waals surface area (Å²) in [4.78, 5) is 20.6. The van der Waals surface area contributed by atoms with E-state index in [1.165, 1.54) is 0 Å². The number of rotatable bonds is 7. The number of carbonyl (C=O) groups is 1.